The number of nitrogens with zero attached hydrogens (tertiary/aromatic N) is 3. The third-order valence-electron chi connectivity index (χ3n) is 6.76. The lowest BCUT2D eigenvalue weighted by Gasteiger charge is -2.30. The minimum atomic E-state index is -0.497. The average molecular weight is 448 g/mol. The van der Waals surface area contributed by atoms with E-state index in [0.29, 0.717) is 0 Å². The van der Waals surface area contributed by atoms with Gasteiger partial charge in [0.25, 0.3) is 0 Å². The first kappa shape index (κ1) is 23.5. The zero-order chi connectivity index (χ0) is 23.9. The molecule has 1 atom stereocenters. The highest BCUT2D eigenvalue weighted by atomic mass is 16.6. The molecular weight excluding hydrogens is 410 g/mol. The van der Waals surface area contributed by atoms with E-state index in [0.717, 1.165) is 43.7 Å². The van der Waals surface area contributed by atoms with E-state index in [2.05, 4.69) is 57.0 Å². The molecular formula is C28H37N3O2. The van der Waals surface area contributed by atoms with Gasteiger partial charge >= 0.3 is 6.09 Å². The monoisotopic (exact) mass is 447 g/mol. The SMILES string of the molecule is C/C=C(/C)c1cc(-c2cc3c(c(C4CCCN4C(=O)OC(C)(C)C)c2)CN(C)C3)cnc1C. The van der Waals surface area contributed by atoms with Crippen LogP contribution in [0.15, 0.2) is 30.5 Å². The number of rotatable bonds is 3. The number of amides is 1. The van der Waals surface area contributed by atoms with E-state index in [4.69, 9.17) is 9.72 Å². The number of likely N-dealkylation sites (tertiary alicyclic amines) is 1. The topological polar surface area (TPSA) is 45.7 Å². The highest BCUT2D eigenvalue weighted by molar-refractivity contribution is 5.74. The van der Waals surface area contributed by atoms with Crippen LogP contribution in [0.5, 0.6) is 0 Å². The molecule has 2 aliphatic heterocycles. The summed E-state index contributed by atoms with van der Waals surface area (Å²) in [5.41, 5.74) is 9.24. The minimum absolute atomic E-state index is 0.0511. The van der Waals surface area contributed by atoms with Gasteiger partial charge in [-0.3, -0.25) is 9.88 Å². The summed E-state index contributed by atoms with van der Waals surface area (Å²) in [6, 6.07) is 6.92. The Kier molecular flexibility index (Phi) is 6.37. The smallest absolute Gasteiger partial charge is 0.410 e. The molecule has 0 bridgehead atoms. The Morgan fingerprint density at radius 2 is 1.94 bits per heavy atom. The molecule has 1 unspecified atom stereocenters. The second kappa shape index (κ2) is 8.94. The van der Waals surface area contributed by atoms with Crippen LogP contribution in [-0.2, 0) is 17.8 Å². The predicted molar refractivity (Wildman–Crippen MR) is 134 cm³/mol. The van der Waals surface area contributed by atoms with E-state index in [-0.39, 0.29) is 12.1 Å². The fraction of sp³-hybridized carbons (Fsp3) is 0.500. The maximum Gasteiger partial charge on any atom is 0.410 e. The van der Waals surface area contributed by atoms with Crippen molar-refractivity contribution in [1.29, 1.82) is 0 Å². The third kappa shape index (κ3) is 4.84. The molecule has 1 amide bonds. The fourth-order valence-corrected chi connectivity index (χ4v) is 5.05. The standard InChI is InChI=1S/C28H37N3O2/c1-8-18(2)23-14-21(15-29-19(23)3)20-12-22-16-30(7)17-25(22)24(13-20)26-10-9-11-31(26)27(32)33-28(4,5)6/h8,12-15,26H,9-11,16-17H2,1-7H3/b18-8-. The number of ether oxygens (including phenoxy) is 1. The molecule has 5 heteroatoms. The van der Waals surface area contributed by atoms with Gasteiger partial charge in [-0.25, -0.2) is 4.79 Å². The summed E-state index contributed by atoms with van der Waals surface area (Å²) in [7, 11) is 2.16. The van der Waals surface area contributed by atoms with Crippen LogP contribution >= 0.6 is 0 Å². The van der Waals surface area contributed by atoms with Crippen molar-refractivity contribution in [3.05, 3.63) is 58.4 Å². The molecule has 0 N–H and O–H groups in total. The Hall–Kier alpha value is -2.66. The van der Waals surface area contributed by atoms with Crippen LogP contribution in [0.25, 0.3) is 16.7 Å². The lowest BCUT2D eigenvalue weighted by atomic mass is 9.90. The normalized spacial score (nSPS) is 19.2. The first-order chi connectivity index (χ1) is 15.6. The number of carbonyl (C=O) groups excluding carboxylic acids is 1. The van der Waals surface area contributed by atoms with Crippen molar-refractivity contribution in [2.24, 2.45) is 0 Å². The van der Waals surface area contributed by atoms with E-state index >= 15 is 0 Å². The third-order valence-corrected chi connectivity index (χ3v) is 6.76. The maximum atomic E-state index is 13.0. The van der Waals surface area contributed by atoms with Gasteiger partial charge in [0.05, 0.1) is 6.04 Å². The zero-order valence-corrected chi connectivity index (χ0v) is 21.2. The van der Waals surface area contributed by atoms with Gasteiger partial charge in [0.15, 0.2) is 0 Å². The van der Waals surface area contributed by atoms with E-state index in [1.54, 1.807) is 0 Å². The summed E-state index contributed by atoms with van der Waals surface area (Å²) in [5.74, 6) is 0. The van der Waals surface area contributed by atoms with Crippen molar-refractivity contribution in [3.8, 4) is 11.1 Å². The number of aryl methyl sites for hydroxylation is 1. The number of hydrogen-bond donors (Lipinski definition) is 0. The van der Waals surface area contributed by atoms with Crippen molar-refractivity contribution < 1.29 is 9.53 Å². The Labute approximate surface area is 198 Å². The van der Waals surface area contributed by atoms with Crippen LogP contribution in [-0.4, -0.2) is 40.1 Å². The Morgan fingerprint density at radius 1 is 1.18 bits per heavy atom. The molecule has 2 aliphatic rings. The second-order valence-corrected chi connectivity index (χ2v) is 10.5. The molecule has 176 valence electrons. The summed E-state index contributed by atoms with van der Waals surface area (Å²) in [6.07, 6.45) is 5.86. The number of aromatic nitrogens is 1. The van der Waals surface area contributed by atoms with Crippen molar-refractivity contribution in [2.75, 3.05) is 13.6 Å². The van der Waals surface area contributed by atoms with Gasteiger partial charge in [0.1, 0.15) is 5.60 Å². The first-order valence-corrected chi connectivity index (χ1v) is 12.0. The van der Waals surface area contributed by atoms with Gasteiger partial charge in [0.2, 0.25) is 0 Å². The van der Waals surface area contributed by atoms with Crippen LogP contribution < -0.4 is 0 Å². The van der Waals surface area contributed by atoms with E-state index in [1.807, 2.05) is 31.9 Å². The first-order valence-electron chi connectivity index (χ1n) is 12.0. The second-order valence-electron chi connectivity index (χ2n) is 10.5. The quantitative estimate of drug-likeness (QED) is 0.539. The molecule has 1 aromatic carbocycles. The van der Waals surface area contributed by atoms with Gasteiger partial charge in [-0.05, 0) is 113 Å². The average Bonchev–Trinajstić information content (AvgIpc) is 3.37. The molecule has 0 saturated carbocycles. The van der Waals surface area contributed by atoms with Crippen LogP contribution in [0.3, 0.4) is 0 Å². The number of fused-ring (bicyclic) bond motifs is 1. The van der Waals surface area contributed by atoms with Gasteiger partial charge in [-0.1, -0.05) is 6.08 Å². The van der Waals surface area contributed by atoms with Crippen LogP contribution in [0.2, 0.25) is 0 Å². The maximum absolute atomic E-state index is 13.0. The number of allylic oxidation sites excluding steroid dienone is 2. The lowest BCUT2D eigenvalue weighted by molar-refractivity contribution is 0.0224. The summed E-state index contributed by atoms with van der Waals surface area (Å²) in [6.45, 7) is 14.6. The molecule has 1 fully saturated rings. The Morgan fingerprint density at radius 3 is 2.64 bits per heavy atom. The van der Waals surface area contributed by atoms with Gasteiger partial charge in [0, 0.05) is 37.1 Å². The van der Waals surface area contributed by atoms with E-state index in [1.165, 1.54) is 33.4 Å². The van der Waals surface area contributed by atoms with Crippen molar-refractivity contribution in [1.82, 2.24) is 14.8 Å². The number of hydrogen-bond acceptors (Lipinski definition) is 4. The molecule has 5 nitrogen and oxygen atoms in total. The molecule has 2 aromatic rings. The van der Waals surface area contributed by atoms with Crippen LogP contribution in [0.1, 0.15) is 81.4 Å². The van der Waals surface area contributed by atoms with Crippen LogP contribution in [0.4, 0.5) is 4.79 Å². The largest absolute Gasteiger partial charge is 0.444 e. The number of pyridine rings is 1. The molecule has 0 aliphatic carbocycles. The molecule has 1 aromatic heterocycles. The molecule has 33 heavy (non-hydrogen) atoms. The Bertz CT molecular complexity index is 1100. The highest BCUT2D eigenvalue weighted by Crippen LogP contribution is 2.41. The summed E-state index contributed by atoms with van der Waals surface area (Å²) in [5, 5.41) is 0. The van der Waals surface area contributed by atoms with Crippen LogP contribution in [0, 0.1) is 6.92 Å². The van der Waals surface area contributed by atoms with Gasteiger partial charge < -0.3 is 9.64 Å². The molecule has 1 saturated heterocycles. The fourth-order valence-electron chi connectivity index (χ4n) is 5.05. The van der Waals surface area contributed by atoms with Crippen molar-refractivity contribution in [3.63, 3.8) is 0 Å². The highest BCUT2D eigenvalue weighted by Gasteiger charge is 2.36. The van der Waals surface area contributed by atoms with Crippen molar-refractivity contribution in [2.45, 2.75) is 79.1 Å². The van der Waals surface area contributed by atoms with Gasteiger partial charge in [-0.15, -0.1) is 0 Å². The number of benzene rings is 1. The van der Waals surface area contributed by atoms with E-state index in [9.17, 15) is 4.79 Å². The minimum Gasteiger partial charge on any atom is -0.444 e. The Balaban J connectivity index is 1.78. The molecule has 4 rings (SSSR count). The van der Waals surface area contributed by atoms with Crippen molar-refractivity contribution >= 4 is 11.7 Å². The molecule has 0 radical (unpaired) electrons. The number of carbonyl (C=O) groups is 1. The van der Waals surface area contributed by atoms with Gasteiger partial charge in [-0.2, -0.15) is 0 Å². The summed E-state index contributed by atoms with van der Waals surface area (Å²) < 4.78 is 5.76. The zero-order valence-electron chi connectivity index (χ0n) is 21.2. The summed E-state index contributed by atoms with van der Waals surface area (Å²) in [4.78, 5) is 22.0. The lowest BCUT2D eigenvalue weighted by Crippen LogP contribution is -2.36. The molecule has 0 spiro atoms. The predicted octanol–water partition coefficient (Wildman–Crippen LogP) is 6.50. The summed E-state index contributed by atoms with van der Waals surface area (Å²) >= 11 is 0. The molecule has 3 heterocycles. The van der Waals surface area contributed by atoms with E-state index < -0.39 is 5.60 Å².